The average molecular weight is 300 g/mol. The van der Waals surface area contributed by atoms with Crippen LogP contribution in [0, 0.1) is 0 Å². The number of ether oxygens (including phenoxy) is 1. The van der Waals surface area contributed by atoms with Gasteiger partial charge in [0.2, 0.25) is 0 Å². The Bertz CT molecular complexity index is 517. The van der Waals surface area contributed by atoms with Crippen molar-refractivity contribution in [2.45, 2.75) is 29.9 Å². The zero-order chi connectivity index (χ0) is 13.4. The summed E-state index contributed by atoms with van der Waals surface area (Å²) in [5, 5.41) is 12.9. The Balaban J connectivity index is 1.76. The lowest BCUT2D eigenvalue weighted by Crippen LogP contribution is -2.10. The smallest absolute Gasteiger partial charge is 0.257 e. The van der Waals surface area contributed by atoms with Crippen molar-refractivity contribution >= 4 is 35.0 Å². The molecule has 0 spiro atoms. The number of anilines is 1. The maximum Gasteiger partial charge on any atom is 0.257 e. The molecule has 0 aromatic heterocycles. The first-order valence-corrected chi connectivity index (χ1v) is 7.58. The minimum absolute atomic E-state index is 0.287. The van der Waals surface area contributed by atoms with Crippen LogP contribution in [0.2, 0.25) is 5.02 Å². The van der Waals surface area contributed by atoms with Gasteiger partial charge in [-0.05, 0) is 25.0 Å². The number of benzene rings is 1. The van der Waals surface area contributed by atoms with Crippen molar-refractivity contribution in [3.05, 3.63) is 22.7 Å². The molecule has 2 aliphatic heterocycles. The third-order valence-corrected chi connectivity index (χ3v) is 4.97. The van der Waals surface area contributed by atoms with E-state index in [9.17, 15) is 9.90 Å². The summed E-state index contributed by atoms with van der Waals surface area (Å²) in [6.07, 6.45) is 1.38. The highest BCUT2D eigenvalue weighted by molar-refractivity contribution is 7.99. The number of aliphatic hydroxyl groups is 1. The summed E-state index contributed by atoms with van der Waals surface area (Å²) < 4.78 is 5.57. The van der Waals surface area contributed by atoms with Crippen LogP contribution < -0.4 is 5.32 Å². The van der Waals surface area contributed by atoms with Gasteiger partial charge in [-0.15, -0.1) is 11.8 Å². The Labute approximate surface area is 120 Å². The van der Waals surface area contributed by atoms with Gasteiger partial charge in [-0.2, -0.15) is 0 Å². The molecule has 1 aromatic carbocycles. The van der Waals surface area contributed by atoms with Crippen molar-refractivity contribution in [3.8, 4) is 0 Å². The van der Waals surface area contributed by atoms with E-state index in [0.29, 0.717) is 16.3 Å². The van der Waals surface area contributed by atoms with Crippen LogP contribution in [0.1, 0.15) is 24.5 Å². The van der Waals surface area contributed by atoms with Crippen LogP contribution in [0.5, 0.6) is 0 Å². The number of hydrogen-bond acceptors (Lipinski definition) is 4. The van der Waals surface area contributed by atoms with Gasteiger partial charge >= 0.3 is 0 Å². The molecule has 1 amide bonds. The van der Waals surface area contributed by atoms with E-state index in [4.69, 9.17) is 16.3 Å². The van der Waals surface area contributed by atoms with Gasteiger partial charge in [-0.3, -0.25) is 4.79 Å². The fourth-order valence-electron chi connectivity index (χ4n) is 2.31. The van der Waals surface area contributed by atoms with E-state index >= 15 is 0 Å². The largest absolute Gasteiger partial charge is 0.378 e. The molecule has 4 nitrogen and oxygen atoms in total. The highest BCUT2D eigenvalue weighted by atomic mass is 35.5. The standard InChI is InChI=1S/C13H14ClNO3S/c14-9-4-8-10(15-13(17)12(8)16)5-11(9)19-6-7-2-1-3-18-7/h4-5,7,12,16H,1-3,6H2,(H,15,17). The topological polar surface area (TPSA) is 58.6 Å². The van der Waals surface area contributed by atoms with Gasteiger partial charge in [0.1, 0.15) is 0 Å². The molecule has 1 fully saturated rings. The van der Waals surface area contributed by atoms with Crippen molar-refractivity contribution in [3.63, 3.8) is 0 Å². The molecular weight excluding hydrogens is 286 g/mol. The van der Waals surface area contributed by atoms with E-state index in [0.717, 1.165) is 30.1 Å². The molecule has 102 valence electrons. The lowest BCUT2D eigenvalue weighted by atomic mass is 10.1. The van der Waals surface area contributed by atoms with Crippen molar-refractivity contribution < 1.29 is 14.6 Å². The molecular formula is C13H14ClNO3S. The SMILES string of the molecule is O=C1Nc2cc(SCC3CCCO3)c(Cl)cc2C1O. The molecule has 6 heteroatoms. The summed E-state index contributed by atoms with van der Waals surface area (Å²) in [6, 6.07) is 3.49. The second-order valence-corrected chi connectivity index (χ2v) is 6.18. The second kappa shape index (κ2) is 5.32. The van der Waals surface area contributed by atoms with E-state index in [1.807, 2.05) is 6.07 Å². The number of carbonyl (C=O) groups is 1. The van der Waals surface area contributed by atoms with Gasteiger partial charge in [0.15, 0.2) is 6.10 Å². The van der Waals surface area contributed by atoms with E-state index in [2.05, 4.69) is 5.32 Å². The fraction of sp³-hybridized carbons (Fsp3) is 0.462. The van der Waals surface area contributed by atoms with Crippen molar-refractivity contribution in [1.82, 2.24) is 0 Å². The summed E-state index contributed by atoms with van der Waals surface area (Å²) in [5.41, 5.74) is 1.20. The van der Waals surface area contributed by atoms with Crippen molar-refractivity contribution in [2.24, 2.45) is 0 Å². The van der Waals surface area contributed by atoms with Crippen LogP contribution in [0.4, 0.5) is 5.69 Å². The molecule has 2 heterocycles. The minimum Gasteiger partial charge on any atom is -0.378 e. The van der Waals surface area contributed by atoms with E-state index < -0.39 is 12.0 Å². The van der Waals surface area contributed by atoms with Gasteiger partial charge in [-0.1, -0.05) is 11.6 Å². The van der Waals surface area contributed by atoms with Crippen LogP contribution in [0.15, 0.2) is 17.0 Å². The normalized spacial score (nSPS) is 25.5. The predicted octanol–water partition coefficient (Wildman–Crippen LogP) is 2.60. The monoisotopic (exact) mass is 299 g/mol. The summed E-state index contributed by atoms with van der Waals surface area (Å²) >= 11 is 7.82. The van der Waals surface area contributed by atoms with Gasteiger partial charge in [0.05, 0.1) is 11.1 Å². The third-order valence-electron chi connectivity index (χ3n) is 3.35. The average Bonchev–Trinajstić information content (AvgIpc) is 2.98. The van der Waals surface area contributed by atoms with Gasteiger partial charge in [0, 0.05) is 28.5 Å². The first kappa shape index (κ1) is 13.2. The van der Waals surface area contributed by atoms with Gasteiger partial charge in [0.25, 0.3) is 5.91 Å². The molecule has 1 aromatic rings. The molecule has 0 radical (unpaired) electrons. The molecule has 0 aliphatic carbocycles. The predicted molar refractivity (Wildman–Crippen MR) is 74.7 cm³/mol. The number of halogens is 1. The molecule has 2 atom stereocenters. The maximum absolute atomic E-state index is 11.4. The third kappa shape index (κ3) is 2.60. The lowest BCUT2D eigenvalue weighted by Gasteiger charge is -2.11. The number of thioether (sulfide) groups is 1. The van der Waals surface area contributed by atoms with Gasteiger partial charge < -0.3 is 15.2 Å². The molecule has 0 bridgehead atoms. The van der Waals surface area contributed by atoms with Crippen molar-refractivity contribution in [1.29, 1.82) is 0 Å². The van der Waals surface area contributed by atoms with E-state index in [-0.39, 0.29) is 6.10 Å². The van der Waals surface area contributed by atoms with Crippen LogP contribution >= 0.6 is 23.4 Å². The number of nitrogens with one attached hydrogen (secondary N) is 1. The van der Waals surface area contributed by atoms with E-state index in [1.54, 1.807) is 17.8 Å². The Morgan fingerprint density at radius 2 is 2.37 bits per heavy atom. The Morgan fingerprint density at radius 3 is 3.11 bits per heavy atom. The van der Waals surface area contributed by atoms with Crippen LogP contribution in [-0.2, 0) is 9.53 Å². The number of carbonyl (C=O) groups excluding carboxylic acids is 1. The highest BCUT2D eigenvalue weighted by Crippen LogP contribution is 2.39. The van der Waals surface area contributed by atoms with Crippen LogP contribution in [0.3, 0.4) is 0 Å². The number of amides is 1. The summed E-state index contributed by atoms with van der Waals surface area (Å²) in [5.74, 6) is 0.460. The first-order valence-electron chi connectivity index (χ1n) is 6.22. The quantitative estimate of drug-likeness (QED) is 0.842. The lowest BCUT2D eigenvalue weighted by molar-refractivity contribution is -0.123. The first-order chi connectivity index (χ1) is 9.15. The van der Waals surface area contributed by atoms with E-state index in [1.165, 1.54) is 0 Å². The zero-order valence-corrected chi connectivity index (χ0v) is 11.8. The molecule has 3 rings (SSSR count). The van der Waals surface area contributed by atoms with Crippen LogP contribution in [-0.4, -0.2) is 29.5 Å². The number of fused-ring (bicyclic) bond motifs is 1. The maximum atomic E-state index is 11.4. The molecule has 19 heavy (non-hydrogen) atoms. The molecule has 0 saturated carbocycles. The molecule has 2 aliphatic rings. The summed E-state index contributed by atoms with van der Waals surface area (Å²) in [7, 11) is 0. The van der Waals surface area contributed by atoms with Crippen LogP contribution in [0.25, 0.3) is 0 Å². The Morgan fingerprint density at radius 1 is 1.53 bits per heavy atom. The molecule has 2 unspecified atom stereocenters. The Kier molecular flexibility index (Phi) is 3.71. The minimum atomic E-state index is -1.11. The fourth-order valence-corrected chi connectivity index (χ4v) is 3.68. The highest BCUT2D eigenvalue weighted by Gasteiger charge is 2.29. The second-order valence-electron chi connectivity index (χ2n) is 4.71. The van der Waals surface area contributed by atoms with Crippen molar-refractivity contribution in [2.75, 3.05) is 17.7 Å². The van der Waals surface area contributed by atoms with Gasteiger partial charge in [-0.25, -0.2) is 0 Å². The number of hydrogen-bond donors (Lipinski definition) is 2. The molecule has 1 saturated heterocycles. The summed E-state index contributed by atoms with van der Waals surface area (Å²) in [4.78, 5) is 12.3. The Hall–Kier alpha value is -0.750. The number of rotatable bonds is 3. The zero-order valence-electron chi connectivity index (χ0n) is 10.2. The summed E-state index contributed by atoms with van der Waals surface area (Å²) in [6.45, 7) is 0.839. The number of aliphatic hydroxyl groups excluding tert-OH is 1. The molecule has 2 N–H and O–H groups in total.